The summed E-state index contributed by atoms with van der Waals surface area (Å²) in [7, 11) is 0. The van der Waals surface area contributed by atoms with Crippen molar-refractivity contribution < 1.29 is 5.11 Å². The Balaban J connectivity index is 1.54. The van der Waals surface area contributed by atoms with Crippen LogP contribution in [0.2, 0.25) is 0 Å². The van der Waals surface area contributed by atoms with Gasteiger partial charge in [0, 0.05) is 0 Å². The largest absolute Gasteiger partial charge is 0.393 e. The lowest BCUT2D eigenvalue weighted by molar-refractivity contribution is 0.0225. The molecule has 0 aromatic heterocycles. The van der Waals surface area contributed by atoms with Crippen molar-refractivity contribution in [3.8, 4) is 0 Å². The molecule has 29 heavy (non-hydrogen) atoms. The molecule has 0 aromatic carbocycles. The Morgan fingerprint density at radius 2 is 1.90 bits per heavy atom. The van der Waals surface area contributed by atoms with Crippen LogP contribution < -0.4 is 0 Å². The number of hydrogen-bond donors (Lipinski definition) is 1. The summed E-state index contributed by atoms with van der Waals surface area (Å²) >= 11 is 0. The summed E-state index contributed by atoms with van der Waals surface area (Å²) in [5.74, 6) is 2.88. The average molecular weight is 397 g/mol. The van der Waals surface area contributed by atoms with Gasteiger partial charge in [-0.05, 0) is 110 Å². The molecular weight excluding hydrogens is 352 g/mol. The number of allylic oxidation sites excluding steroid dienone is 5. The molecule has 4 aliphatic carbocycles. The monoisotopic (exact) mass is 396 g/mol. The highest BCUT2D eigenvalue weighted by Gasteiger charge is 2.52. The molecule has 1 heteroatoms. The van der Waals surface area contributed by atoms with E-state index < -0.39 is 0 Å². The van der Waals surface area contributed by atoms with Crippen LogP contribution in [0.4, 0.5) is 0 Å². The number of fused-ring (bicyclic) bond motifs is 4. The molecule has 0 aliphatic heterocycles. The van der Waals surface area contributed by atoms with Gasteiger partial charge in [-0.25, -0.2) is 0 Å². The zero-order valence-corrected chi connectivity index (χ0v) is 19.7. The molecule has 1 saturated carbocycles. The third-order valence-electron chi connectivity index (χ3n) is 9.90. The van der Waals surface area contributed by atoms with Crippen LogP contribution in [0.5, 0.6) is 0 Å². The van der Waals surface area contributed by atoms with Crippen LogP contribution in [0.25, 0.3) is 0 Å². The van der Waals surface area contributed by atoms with Crippen molar-refractivity contribution in [2.24, 2.45) is 34.5 Å². The van der Waals surface area contributed by atoms with E-state index in [1.165, 1.54) is 56.9 Å². The first-order valence-corrected chi connectivity index (χ1v) is 12.5. The summed E-state index contributed by atoms with van der Waals surface area (Å²) < 4.78 is 0. The zero-order chi connectivity index (χ0) is 21.0. The second-order valence-corrected chi connectivity index (χ2v) is 11.7. The van der Waals surface area contributed by atoms with Gasteiger partial charge in [-0.15, -0.1) is 0 Å². The molecule has 1 N–H and O–H groups in total. The van der Waals surface area contributed by atoms with E-state index in [0.29, 0.717) is 22.7 Å². The van der Waals surface area contributed by atoms with Crippen molar-refractivity contribution in [1.29, 1.82) is 0 Å². The van der Waals surface area contributed by atoms with Gasteiger partial charge in [-0.1, -0.05) is 58.4 Å². The van der Waals surface area contributed by atoms with Gasteiger partial charge in [0.05, 0.1) is 6.10 Å². The maximum absolute atomic E-state index is 10.2. The van der Waals surface area contributed by atoms with Crippen molar-refractivity contribution in [3.05, 3.63) is 34.9 Å². The second-order valence-electron chi connectivity index (χ2n) is 11.7. The molecule has 0 spiro atoms. The summed E-state index contributed by atoms with van der Waals surface area (Å²) in [6.07, 6.45) is 14.8. The maximum Gasteiger partial charge on any atom is 0.0543 e. The first-order valence-electron chi connectivity index (χ1n) is 12.5. The molecule has 0 aromatic rings. The fraction of sp³-hybridized carbons (Fsp3) is 0.786. The highest BCUT2D eigenvalue weighted by molar-refractivity contribution is 5.49. The van der Waals surface area contributed by atoms with Gasteiger partial charge in [-0.2, -0.15) is 0 Å². The minimum absolute atomic E-state index is 0.0550. The van der Waals surface area contributed by atoms with E-state index in [1.807, 2.05) is 0 Å². The summed E-state index contributed by atoms with van der Waals surface area (Å²) in [5, 5.41) is 10.2. The predicted molar refractivity (Wildman–Crippen MR) is 124 cm³/mol. The summed E-state index contributed by atoms with van der Waals surface area (Å²) in [5.41, 5.74) is 7.46. The van der Waals surface area contributed by atoms with E-state index in [2.05, 4.69) is 47.3 Å². The Morgan fingerprint density at radius 1 is 1.14 bits per heavy atom. The van der Waals surface area contributed by atoms with Crippen molar-refractivity contribution >= 4 is 0 Å². The SMILES string of the molecule is C=C(CC[C@@H](C)[C@H]1CC=C2C3=C(CC[C@@]21C)[C@@]1(C)CCC(O)CC1CC3)C(C)C. The lowest BCUT2D eigenvalue weighted by Gasteiger charge is -2.54. The van der Waals surface area contributed by atoms with Crippen LogP contribution in [0, 0.1) is 34.5 Å². The number of hydrogen-bond acceptors (Lipinski definition) is 1. The van der Waals surface area contributed by atoms with Gasteiger partial charge in [0.2, 0.25) is 0 Å². The fourth-order valence-corrected chi connectivity index (χ4v) is 7.63. The zero-order valence-electron chi connectivity index (χ0n) is 19.7. The van der Waals surface area contributed by atoms with Crippen LogP contribution >= 0.6 is 0 Å². The standard InChI is InChI=1S/C28H44O/c1-18(2)19(3)7-8-20(4)24-11-12-25-23-10-9-21-17-22(29)13-15-27(21,5)26(23)14-16-28(24,25)6/h12,18,20-22,24,29H,3,7-11,13-17H2,1-2,4-6H3/t20-,21?,22?,24-,27+,28-/m1/s1. The summed E-state index contributed by atoms with van der Waals surface area (Å²) in [6, 6.07) is 0. The van der Waals surface area contributed by atoms with Gasteiger partial charge >= 0.3 is 0 Å². The van der Waals surface area contributed by atoms with E-state index in [1.54, 1.807) is 16.7 Å². The van der Waals surface area contributed by atoms with Gasteiger partial charge in [0.15, 0.2) is 0 Å². The maximum atomic E-state index is 10.2. The smallest absolute Gasteiger partial charge is 0.0543 e. The summed E-state index contributed by atoms with van der Waals surface area (Å²) in [4.78, 5) is 0. The molecule has 162 valence electrons. The van der Waals surface area contributed by atoms with Gasteiger partial charge in [-0.3, -0.25) is 0 Å². The first kappa shape index (κ1) is 21.4. The molecular formula is C28H44O. The second kappa shape index (κ2) is 7.70. The Morgan fingerprint density at radius 3 is 2.62 bits per heavy atom. The van der Waals surface area contributed by atoms with Crippen LogP contribution in [-0.2, 0) is 0 Å². The van der Waals surface area contributed by atoms with Crippen LogP contribution in [0.1, 0.15) is 98.8 Å². The average Bonchev–Trinajstić information content (AvgIpc) is 3.03. The number of aliphatic hydroxyl groups excluding tert-OH is 1. The molecule has 0 radical (unpaired) electrons. The Hall–Kier alpha value is -0.820. The molecule has 0 heterocycles. The van der Waals surface area contributed by atoms with Gasteiger partial charge in [0.25, 0.3) is 0 Å². The fourth-order valence-electron chi connectivity index (χ4n) is 7.63. The van der Waals surface area contributed by atoms with E-state index in [9.17, 15) is 5.11 Å². The molecule has 0 saturated heterocycles. The van der Waals surface area contributed by atoms with Crippen LogP contribution in [-0.4, -0.2) is 11.2 Å². The molecule has 0 amide bonds. The first-order chi connectivity index (χ1) is 13.7. The molecule has 2 unspecified atom stereocenters. The van der Waals surface area contributed by atoms with E-state index in [-0.39, 0.29) is 6.10 Å². The van der Waals surface area contributed by atoms with Crippen molar-refractivity contribution in [1.82, 2.24) is 0 Å². The molecule has 4 rings (SSSR count). The third-order valence-corrected chi connectivity index (χ3v) is 9.90. The molecule has 6 atom stereocenters. The number of aliphatic hydroxyl groups is 1. The minimum Gasteiger partial charge on any atom is -0.393 e. The van der Waals surface area contributed by atoms with Crippen molar-refractivity contribution in [3.63, 3.8) is 0 Å². The molecule has 1 fully saturated rings. The van der Waals surface area contributed by atoms with E-state index >= 15 is 0 Å². The topological polar surface area (TPSA) is 20.2 Å². The predicted octanol–water partition coefficient (Wildman–Crippen LogP) is 7.62. The highest BCUT2D eigenvalue weighted by Crippen LogP contribution is 2.64. The van der Waals surface area contributed by atoms with Crippen molar-refractivity contribution in [2.75, 3.05) is 0 Å². The molecule has 4 aliphatic rings. The highest BCUT2D eigenvalue weighted by atomic mass is 16.3. The van der Waals surface area contributed by atoms with E-state index in [4.69, 9.17) is 0 Å². The van der Waals surface area contributed by atoms with Gasteiger partial charge < -0.3 is 5.11 Å². The third kappa shape index (κ3) is 3.50. The lowest BCUT2D eigenvalue weighted by Crippen LogP contribution is -2.44. The molecule has 1 nitrogen and oxygen atoms in total. The Kier molecular flexibility index (Phi) is 5.69. The number of rotatable bonds is 5. The minimum atomic E-state index is -0.0550. The normalized spacial score (nSPS) is 40.2. The summed E-state index contributed by atoms with van der Waals surface area (Å²) in [6.45, 7) is 16.5. The Bertz CT molecular complexity index is 725. The van der Waals surface area contributed by atoms with Crippen molar-refractivity contribution in [2.45, 2.75) is 105 Å². The van der Waals surface area contributed by atoms with Crippen LogP contribution in [0.3, 0.4) is 0 Å². The van der Waals surface area contributed by atoms with E-state index in [0.717, 1.165) is 24.7 Å². The Labute approximate surface area is 179 Å². The quantitative estimate of drug-likeness (QED) is 0.474. The van der Waals surface area contributed by atoms with Gasteiger partial charge in [0.1, 0.15) is 0 Å². The lowest BCUT2D eigenvalue weighted by atomic mass is 9.51. The van der Waals surface area contributed by atoms with Crippen LogP contribution in [0.15, 0.2) is 34.9 Å². The molecule has 0 bridgehead atoms.